The van der Waals surface area contributed by atoms with E-state index in [1.807, 2.05) is 48.5 Å². The normalized spacial score (nSPS) is 12.6. The molecule has 1 aliphatic heterocycles. The fraction of sp³-hybridized carbons (Fsp3) is 0. The number of benzene rings is 2. The molecule has 3 N–H and O–H groups in total. The zero-order chi connectivity index (χ0) is 12.5. The summed E-state index contributed by atoms with van der Waals surface area (Å²) in [6.07, 6.45) is 0. The van der Waals surface area contributed by atoms with E-state index >= 15 is 0 Å². The summed E-state index contributed by atoms with van der Waals surface area (Å²) in [5, 5.41) is 0. The van der Waals surface area contributed by atoms with Gasteiger partial charge in [0.25, 0.3) is 0 Å². The minimum absolute atomic E-state index is 0.338. The van der Waals surface area contributed by atoms with Gasteiger partial charge in [0.2, 0.25) is 0 Å². The first kappa shape index (κ1) is 11.1. The third kappa shape index (κ3) is 1.64. The number of para-hydroxylation sites is 2. The van der Waals surface area contributed by atoms with Crippen LogP contribution in [0.1, 0.15) is 0 Å². The monoisotopic (exact) mass is 257 g/mol. The second-order valence-corrected chi connectivity index (χ2v) is 4.91. The summed E-state index contributed by atoms with van der Waals surface area (Å²) >= 11 is 1.65. The summed E-state index contributed by atoms with van der Waals surface area (Å²) in [6, 6.07) is 15.2. The van der Waals surface area contributed by atoms with Crippen molar-refractivity contribution in [2.24, 2.45) is 5.84 Å². The fourth-order valence-electron chi connectivity index (χ4n) is 1.99. The Morgan fingerprint density at radius 2 is 1.50 bits per heavy atom. The van der Waals surface area contributed by atoms with Crippen molar-refractivity contribution < 1.29 is 4.79 Å². The van der Waals surface area contributed by atoms with E-state index in [2.05, 4.69) is 5.43 Å². The highest BCUT2D eigenvalue weighted by molar-refractivity contribution is 7.99. The van der Waals surface area contributed by atoms with Gasteiger partial charge in [-0.1, -0.05) is 36.0 Å². The predicted octanol–water partition coefficient (Wildman–Crippen LogP) is 2.87. The molecule has 2 aromatic rings. The van der Waals surface area contributed by atoms with Crippen LogP contribution < -0.4 is 16.2 Å². The first-order valence-electron chi connectivity index (χ1n) is 5.48. The van der Waals surface area contributed by atoms with E-state index in [1.165, 1.54) is 0 Å². The third-order valence-corrected chi connectivity index (χ3v) is 3.89. The van der Waals surface area contributed by atoms with Crippen molar-refractivity contribution >= 4 is 29.2 Å². The minimum Gasteiger partial charge on any atom is -0.275 e. The molecule has 0 aromatic heterocycles. The van der Waals surface area contributed by atoms with Gasteiger partial charge in [-0.15, -0.1) is 0 Å². The van der Waals surface area contributed by atoms with E-state index in [0.717, 1.165) is 21.2 Å². The van der Waals surface area contributed by atoms with E-state index in [9.17, 15) is 4.79 Å². The van der Waals surface area contributed by atoms with E-state index < -0.39 is 0 Å². The van der Waals surface area contributed by atoms with Crippen LogP contribution in [0.4, 0.5) is 16.2 Å². The maximum atomic E-state index is 12.0. The zero-order valence-corrected chi connectivity index (χ0v) is 10.3. The van der Waals surface area contributed by atoms with Crippen molar-refractivity contribution in [2.45, 2.75) is 9.79 Å². The summed E-state index contributed by atoms with van der Waals surface area (Å²) < 4.78 is 0. The number of rotatable bonds is 0. The molecular formula is C13H11N3OS. The molecule has 0 atom stereocenters. The smallest absolute Gasteiger partial charge is 0.275 e. The third-order valence-electron chi connectivity index (χ3n) is 2.76. The van der Waals surface area contributed by atoms with Crippen molar-refractivity contribution in [1.82, 2.24) is 5.43 Å². The Morgan fingerprint density at radius 3 is 2.00 bits per heavy atom. The van der Waals surface area contributed by atoms with E-state index in [-0.39, 0.29) is 6.03 Å². The van der Waals surface area contributed by atoms with Crippen molar-refractivity contribution in [3.05, 3.63) is 48.5 Å². The summed E-state index contributed by atoms with van der Waals surface area (Å²) in [5.41, 5.74) is 3.90. The Morgan fingerprint density at radius 1 is 1.00 bits per heavy atom. The lowest BCUT2D eigenvalue weighted by molar-refractivity contribution is 0.248. The quantitative estimate of drug-likeness (QED) is 0.433. The number of amides is 2. The highest BCUT2D eigenvalue weighted by Gasteiger charge is 2.27. The van der Waals surface area contributed by atoms with Crippen LogP contribution in [-0.2, 0) is 0 Å². The largest absolute Gasteiger partial charge is 0.340 e. The zero-order valence-electron chi connectivity index (χ0n) is 9.46. The van der Waals surface area contributed by atoms with Crippen LogP contribution in [0, 0.1) is 0 Å². The van der Waals surface area contributed by atoms with Crippen molar-refractivity contribution in [2.75, 3.05) is 4.90 Å². The number of nitrogens with one attached hydrogen (secondary N) is 1. The van der Waals surface area contributed by atoms with Crippen molar-refractivity contribution in [3.63, 3.8) is 0 Å². The molecule has 0 saturated heterocycles. The summed E-state index contributed by atoms with van der Waals surface area (Å²) in [4.78, 5) is 15.7. The van der Waals surface area contributed by atoms with Gasteiger partial charge < -0.3 is 0 Å². The second kappa shape index (κ2) is 4.36. The maximum absolute atomic E-state index is 12.0. The lowest BCUT2D eigenvalue weighted by Crippen LogP contribution is -2.41. The molecule has 0 fully saturated rings. The van der Waals surface area contributed by atoms with Gasteiger partial charge in [-0.3, -0.25) is 10.3 Å². The number of hydrogen-bond acceptors (Lipinski definition) is 3. The van der Waals surface area contributed by atoms with E-state index in [1.54, 1.807) is 16.7 Å². The average Bonchev–Trinajstić information content (AvgIpc) is 2.44. The molecule has 2 aromatic carbocycles. The highest BCUT2D eigenvalue weighted by Crippen LogP contribution is 2.47. The van der Waals surface area contributed by atoms with Gasteiger partial charge >= 0.3 is 6.03 Å². The lowest BCUT2D eigenvalue weighted by atomic mass is 10.2. The average molecular weight is 257 g/mol. The number of carbonyl (C=O) groups is 1. The van der Waals surface area contributed by atoms with Crippen LogP contribution in [-0.4, -0.2) is 6.03 Å². The van der Waals surface area contributed by atoms with Crippen LogP contribution in [0.15, 0.2) is 58.3 Å². The van der Waals surface area contributed by atoms with Crippen molar-refractivity contribution in [3.8, 4) is 0 Å². The molecular weight excluding hydrogens is 246 g/mol. The van der Waals surface area contributed by atoms with Gasteiger partial charge in [0.1, 0.15) is 0 Å². The standard InChI is InChI=1S/C13H11N3OS/c14-15-13(17)16-9-5-1-3-7-11(9)18-12-8-4-2-6-10(12)16/h1-8H,14H2,(H,15,17). The molecule has 0 bridgehead atoms. The first-order chi connectivity index (χ1) is 8.81. The molecule has 0 radical (unpaired) electrons. The molecule has 90 valence electrons. The molecule has 2 amide bonds. The summed E-state index contributed by atoms with van der Waals surface area (Å²) in [5.74, 6) is 5.27. The number of nitrogens with two attached hydrogens (primary N) is 1. The number of nitrogens with zero attached hydrogens (tertiary/aromatic N) is 1. The highest BCUT2D eigenvalue weighted by atomic mass is 32.2. The van der Waals surface area contributed by atoms with Gasteiger partial charge in [-0.25, -0.2) is 10.6 Å². The second-order valence-electron chi connectivity index (χ2n) is 3.82. The minimum atomic E-state index is -0.338. The van der Waals surface area contributed by atoms with Gasteiger partial charge in [-0.2, -0.15) is 0 Å². The first-order valence-corrected chi connectivity index (χ1v) is 6.29. The molecule has 0 unspecified atom stereocenters. The van der Waals surface area contributed by atoms with E-state index in [0.29, 0.717) is 0 Å². The van der Waals surface area contributed by atoms with Crippen LogP contribution >= 0.6 is 11.8 Å². The molecule has 3 rings (SSSR count). The lowest BCUT2D eigenvalue weighted by Gasteiger charge is -2.30. The number of fused-ring (bicyclic) bond motifs is 2. The Balaban J connectivity index is 2.20. The van der Waals surface area contributed by atoms with Crippen LogP contribution in [0.25, 0.3) is 0 Å². The summed E-state index contributed by atoms with van der Waals surface area (Å²) in [7, 11) is 0. The van der Waals surface area contributed by atoms with Crippen LogP contribution in [0.5, 0.6) is 0 Å². The Labute approximate surface area is 109 Å². The number of hydrogen-bond donors (Lipinski definition) is 2. The summed E-state index contributed by atoms with van der Waals surface area (Å²) in [6.45, 7) is 0. The molecule has 1 heterocycles. The predicted molar refractivity (Wildman–Crippen MR) is 71.9 cm³/mol. The topological polar surface area (TPSA) is 58.4 Å². The fourth-order valence-corrected chi connectivity index (χ4v) is 3.05. The number of hydrazine groups is 1. The number of carbonyl (C=O) groups excluding carboxylic acids is 1. The Hall–Kier alpha value is -1.98. The maximum Gasteiger partial charge on any atom is 0.340 e. The van der Waals surface area contributed by atoms with Gasteiger partial charge in [0.05, 0.1) is 11.4 Å². The SMILES string of the molecule is NNC(=O)N1c2ccccc2Sc2ccccc21. The van der Waals surface area contributed by atoms with E-state index in [4.69, 9.17) is 5.84 Å². The van der Waals surface area contributed by atoms with Crippen LogP contribution in [0.3, 0.4) is 0 Å². The molecule has 0 saturated carbocycles. The molecule has 0 spiro atoms. The number of urea groups is 1. The van der Waals surface area contributed by atoms with Gasteiger partial charge in [0, 0.05) is 9.79 Å². The van der Waals surface area contributed by atoms with Gasteiger partial charge in [0.15, 0.2) is 0 Å². The van der Waals surface area contributed by atoms with Gasteiger partial charge in [-0.05, 0) is 24.3 Å². The molecule has 0 aliphatic carbocycles. The molecule has 4 nitrogen and oxygen atoms in total. The van der Waals surface area contributed by atoms with Crippen LogP contribution in [0.2, 0.25) is 0 Å². The number of anilines is 2. The van der Waals surface area contributed by atoms with Crippen molar-refractivity contribution in [1.29, 1.82) is 0 Å². The molecule has 5 heteroatoms. The molecule has 18 heavy (non-hydrogen) atoms. The Bertz CT molecular complexity index is 569. The molecule has 1 aliphatic rings. The Kier molecular flexibility index (Phi) is 2.70.